The Hall–Kier alpha value is -1.24. The van der Waals surface area contributed by atoms with Crippen LogP contribution in [-0.4, -0.2) is 29.2 Å². The fraction of sp³-hybridized carbons (Fsp3) is 0.500. The van der Waals surface area contributed by atoms with Crippen molar-refractivity contribution in [1.29, 1.82) is 0 Å². The van der Waals surface area contributed by atoms with E-state index < -0.39 is 11.9 Å². The van der Waals surface area contributed by atoms with Crippen molar-refractivity contribution >= 4 is 11.3 Å². The normalized spacial score (nSPS) is 29.2. The molecule has 3 rings (SSSR count). The van der Waals surface area contributed by atoms with Crippen molar-refractivity contribution in [2.45, 2.75) is 64.5 Å². The van der Waals surface area contributed by atoms with Gasteiger partial charge in [0.05, 0.1) is 19.3 Å². The molecule has 2 aromatic rings. The van der Waals surface area contributed by atoms with Crippen LogP contribution < -0.4 is 0 Å². The number of aliphatic hydroxyl groups is 1. The summed E-state index contributed by atoms with van der Waals surface area (Å²) in [4.78, 5) is 0. The average molecular weight is 362 g/mol. The smallest absolute Gasteiger partial charge is 0.192 e. The molecule has 1 aliphatic heterocycles. The third kappa shape index (κ3) is 4.30. The lowest BCUT2D eigenvalue weighted by Crippen LogP contribution is -2.43. The van der Waals surface area contributed by atoms with E-state index in [1.807, 2.05) is 35.9 Å². The molecule has 4 atom stereocenters. The molecule has 0 aliphatic carbocycles. The number of rotatable bonds is 7. The molecule has 1 N–H and O–H groups in total. The highest BCUT2D eigenvalue weighted by atomic mass is 32.1. The molecule has 1 aromatic heterocycles. The van der Waals surface area contributed by atoms with E-state index in [9.17, 15) is 5.11 Å². The van der Waals surface area contributed by atoms with Gasteiger partial charge < -0.3 is 19.3 Å². The average Bonchev–Trinajstić information content (AvgIpc) is 3.18. The molecule has 1 aliphatic rings. The van der Waals surface area contributed by atoms with Crippen molar-refractivity contribution in [3.8, 4) is 0 Å². The summed E-state index contributed by atoms with van der Waals surface area (Å²) in [6.07, 6.45) is -0.265. The van der Waals surface area contributed by atoms with Crippen LogP contribution >= 0.6 is 11.3 Å². The van der Waals surface area contributed by atoms with Crippen LogP contribution in [0, 0.1) is 6.92 Å². The molecule has 0 spiro atoms. The molecule has 0 radical (unpaired) electrons. The van der Waals surface area contributed by atoms with E-state index in [1.165, 1.54) is 5.56 Å². The highest BCUT2D eigenvalue weighted by Gasteiger charge is 2.52. The number of thiophene rings is 1. The van der Waals surface area contributed by atoms with E-state index in [-0.39, 0.29) is 12.2 Å². The van der Waals surface area contributed by atoms with Gasteiger partial charge in [-0.2, -0.15) is 11.3 Å². The number of aryl methyl sites for hydroxylation is 1. The lowest BCUT2D eigenvalue weighted by Gasteiger charge is -2.27. The van der Waals surface area contributed by atoms with Gasteiger partial charge >= 0.3 is 0 Å². The first-order chi connectivity index (χ1) is 12.0. The topological polar surface area (TPSA) is 47.9 Å². The molecular formula is C20H26O4S. The van der Waals surface area contributed by atoms with Crippen molar-refractivity contribution in [1.82, 2.24) is 0 Å². The summed E-state index contributed by atoms with van der Waals surface area (Å²) in [5.74, 6) is -1.35. The zero-order valence-electron chi connectivity index (χ0n) is 15.0. The van der Waals surface area contributed by atoms with Crippen LogP contribution in [0.3, 0.4) is 0 Å². The first-order valence-electron chi connectivity index (χ1n) is 8.70. The molecule has 0 bridgehead atoms. The van der Waals surface area contributed by atoms with Gasteiger partial charge in [0, 0.05) is 0 Å². The standard InChI is InChI=1S/C20H26O4S/c1-4-17-18(22-12-16-8-6-5-7-14(16)2)19(20(3,21)24-17)23-11-15-9-10-25-13-15/h5-10,13,17-19,21H,4,11-12H2,1-3H3/t17-,18+,19-,20?/m1/s1. The van der Waals surface area contributed by atoms with E-state index in [2.05, 4.69) is 19.1 Å². The van der Waals surface area contributed by atoms with Gasteiger partial charge in [-0.3, -0.25) is 0 Å². The molecule has 4 nitrogen and oxygen atoms in total. The predicted molar refractivity (Wildman–Crippen MR) is 98.4 cm³/mol. The molecule has 2 heterocycles. The molecule has 0 amide bonds. The van der Waals surface area contributed by atoms with Gasteiger partial charge in [-0.15, -0.1) is 0 Å². The summed E-state index contributed by atoms with van der Waals surface area (Å²) in [6, 6.07) is 10.2. The fourth-order valence-electron chi connectivity index (χ4n) is 3.22. The second-order valence-electron chi connectivity index (χ2n) is 6.68. The highest BCUT2D eigenvalue weighted by Crippen LogP contribution is 2.36. The predicted octanol–water partition coefficient (Wildman–Crippen LogP) is 4.04. The van der Waals surface area contributed by atoms with E-state index in [4.69, 9.17) is 14.2 Å². The maximum absolute atomic E-state index is 10.7. The lowest BCUT2D eigenvalue weighted by molar-refractivity contribution is -0.228. The Morgan fingerprint density at radius 2 is 2.00 bits per heavy atom. The molecule has 136 valence electrons. The Morgan fingerprint density at radius 1 is 1.20 bits per heavy atom. The molecule has 5 heteroatoms. The van der Waals surface area contributed by atoms with Crippen molar-refractivity contribution in [3.63, 3.8) is 0 Å². The lowest BCUT2D eigenvalue weighted by atomic mass is 10.0. The molecule has 1 unspecified atom stereocenters. The monoisotopic (exact) mass is 362 g/mol. The maximum atomic E-state index is 10.7. The molecule has 1 aromatic carbocycles. The van der Waals surface area contributed by atoms with E-state index in [0.29, 0.717) is 13.2 Å². The van der Waals surface area contributed by atoms with Gasteiger partial charge in [-0.05, 0) is 53.8 Å². The summed E-state index contributed by atoms with van der Waals surface area (Å²) in [5, 5.41) is 14.7. The Morgan fingerprint density at radius 3 is 2.68 bits per heavy atom. The van der Waals surface area contributed by atoms with Crippen molar-refractivity contribution < 1.29 is 19.3 Å². The van der Waals surface area contributed by atoms with Crippen LogP contribution in [0.4, 0.5) is 0 Å². The van der Waals surface area contributed by atoms with Gasteiger partial charge in [-0.1, -0.05) is 31.2 Å². The molecule has 1 saturated heterocycles. The Balaban J connectivity index is 1.71. The third-order valence-electron chi connectivity index (χ3n) is 4.69. The minimum Gasteiger partial charge on any atom is -0.368 e. The van der Waals surface area contributed by atoms with Crippen LogP contribution in [0.25, 0.3) is 0 Å². The molecular weight excluding hydrogens is 336 g/mol. The van der Waals surface area contributed by atoms with E-state index in [0.717, 1.165) is 17.5 Å². The molecule has 1 fully saturated rings. The van der Waals surface area contributed by atoms with E-state index in [1.54, 1.807) is 18.3 Å². The van der Waals surface area contributed by atoms with Crippen molar-refractivity contribution in [3.05, 3.63) is 57.8 Å². The zero-order valence-corrected chi connectivity index (χ0v) is 15.8. The largest absolute Gasteiger partial charge is 0.368 e. The summed E-state index contributed by atoms with van der Waals surface area (Å²) in [7, 11) is 0. The SMILES string of the molecule is CC[C@H]1OC(C)(O)[C@H](OCc2ccsc2)[C@H]1OCc1ccccc1C. The van der Waals surface area contributed by atoms with Gasteiger partial charge in [0.1, 0.15) is 12.2 Å². The number of hydrogen-bond acceptors (Lipinski definition) is 5. The second-order valence-corrected chi connectivity index (χ2v) is 7.46. The quantitative estimate of drug-likeness (QED) is 0.807. The second kappa shape index (κ2) is 7.98. The Bertz CT molecular complexity index is 668. The van der Waals surface area contributed by atoms with Crippen LogP contribution in [-0.2, 0) is 27.4 Å². The van der Waals surface area contributed by atoms with Crippen LogP contribution in [0.2, 0.25) is 0 Å². The number of ether oxygens (including phenoxy) is 3. The van der Waals surface area contributed by atoms with Crippen molar-refractivity contribution in [2.24, 2.45) is 0 Å². The minimum absolute atomic E-state index is 0.188. The van der Waals surface area contributed by atoms with Gasteiger partial charge in [-0.25, -0.2) is 0 Å². The molecule has 0 saturated carbocycles. The summed E-state index contributed by atoms with van der Waals surface area (Å²) in [5.41, 5.74) is 3.43. The van der Waals surface area contributed by atoms with Gasteiger partial charge in [0.2, 0.25) is 0 Å². The number of benzene rings is 1. The minimum atomic E-state index is -1.35. The zero-order chi connectivity index (χ0) is 17.9. The third-order valence-corrected chi connectivity index (χ3v) is 5.42. The molecule has 25 heavy (non-hydrogen) atoms. The highest BCUT2D eigenvalue weighted by molar-refractivity contribution is 7.07. The summed E-state index contributed by atoms with van der Waals surface area (Å²) >= 11 is 1.63. The Labute approximate surface area is 153 Å². The fourth-order valence-corrected chi connectivity index (χ4v) is 3.87. The number of hydrogen-bond donors (Lipinski definition) is 1. The van der Waals surface area contributed by atoms with Crippen LogP contribution in [0.1, 0.15) is 37.0 Å². The first kappa shape index (κ1) is 18.5. The summed E-state index contributed by atoms with van der Waals surface area (Å²) in [6.45, 7) is 6.68. The van der Waals surface area contributed by atoms with E-state index >= 15 is 0 Å². The summed E-state index contributed by atoms with van der Waals surface area (Å²) < 4.78 is 18.0. The van der Waals surface area contributed by atoms with Crippen LogP contribution in [0.5, 0.6) is 0 Å². The van der Waals surface area contributed by atoms with Gasteiger partial charge in [0.15, 0.2) is 5.79 Å². The van der Waals surface area contributed by atoms with Gasteiger partial charge in [0.25, 0.3) is 0 Å². The van der Waals surface area contributed by atoms with Crippen molar-refractivity contribution in [2.75, 3.05) is 0 Å². The van der Waals surface area contributed by atoms with Crippen LogP contribution in [0.15, 0.2) is 41.1 Å². The first-order valence-corrected chi connectivity index (χ1v) is 9.64. The Kier molecular flexibility index (Phi) is 5.92. The maximum Gasteiger partial charge on any atom is 0.192 e.